The van der Waals surface area contributed by atoms with Gasteiger partial charge in [0.25, 0.3) is 0 Å². The maximum absolute atomic E-state index is 11.0. The highest BCUT2D eigenvalue weighted by atomic mass is 32.2. The molecule has 0 aliphatic heterocycles. The fourth-order valence-electron chi connectivity index (χ4n) is 0.766. The Bertz CT molecular complexity index is 138. The molecule has 1 saturated carbocycles. The molecule has 1 nitrogen and oxygen atoms in total. The van der Waals surface area contributed by atoms with Crippen LogP contribution in [-0.4, -0.2) is 17.3 Å². The van der Waals surface area contributed by atoms with Crippen LogP contribution in [0.4, 0.5) is 0 Å². The van der Waals surface area contributed by atoms with E-state index in [-0.39, 0.29) is 0 Å². The number of ketones is 1. The van der Waals surface area contributed by atoms with Crippen molar-refractivity contribution >= 4 is 17.5 Å². The van der Waals surface area contributed by atoms with Crippen molar-refractivity contribution in [3.63, 3.8) is 0 Å². The van der Waals surface area contributed by atoms with Gasteiger partial charge >= 0.3 is 0 Å². The fraction of sp³-hybridized carbons (Fsp3) is 0.625. The molecule has 1 aliphatic rings. The molecule has 0 atom stereocenters. The van der Waals surface area contributed by atoms with Crippen molar-refractivity contribution in [2.45, 2.75) is 12.8 Å². The Morgan fingerprint density at radius 1 is 1.70 bits per heavy atom. The largest absolute Gasteiger partial charge is 0.298 e. The first-order valence-electron chi connectivity index (χ1n) is 3.56. The van der Waals surface area contributed by atoms with Gasteiger partial charge in [0.05, 0.1) is 5.75 Å². The second-order valence-corrected chi connectivity index (χ2v) is 3.57. The fourth-order valence-corrected chi connectivity index (χ4v) is 1.49. The van der Waals surface area contributed by atoms with Crippen LogP contribution < -0.4 is 0 Å². The summed E-state index contributed by atoms with van der Waals surface area (Å²) in [6.45, 7) is 3.59. The van der Waals surface area contributed by atoms with Crippen LogP contribution >= 0.6 is 11.8 Å². The Hall–Kier alpha value is -0.240. The Balaban J connectivity index is 2.00. The van der Waals surface area contributed by atoms with Gasteiger partial charge in [0, 0.05) is 11.7 Å². The van der Waals surface area contributed by atoms with Crippen LogP contribution in [0.5, 0.6) is 0 Å². The number of hydrogen-bond donors (Lipinski definition) is 0. The number of Topliss-reactive ketones (excluding diaryl/α,β-unsaturated/α-hetero) is 1. The summed E-state index contributed by atoms with van der Waals surface area (Å²) in [6, 6.07) is 0. The monoisotopic (exact) mass is 156 g/mol. The lowest BCUT2D eigenvalue weighted by Gasteiger charge is -1.94. The first-order valence-corrected chi connectivity index (χ1v) is 4.71. The average molecular weight is 156 g/mol. The third kappa shape index (κ3) is 2.56. The standard InChI is InChI=1S/C8H12OS/c1-2-5-10-6-8(9)7-3-4-7/h2,7H,1,3-6H2. The number of thioether (sulfide) groups is 1. The molecular formula is C8H12OS. The third-order valence-electron chi connectivity index (χ3n) is 1.51. The van der Waals surface area contributed by atoms with Crippen molar-refractivity contribution in [3.05, 3.63) is 12.7 Å². The van der Waals surface area contributed by atoms with Gasteiger partial charge in [-0.1, -0.05) is 6.08 Å². The minimum Gasteiger partial charge on any atom is -0.298 e. The minimum atomic E-state index is 0.428. The van der Waals surface area contributed by atoms with Crippen molar-refractivity contribution in [1.82, 2.24) is 0 Å². The molecule has 1 aliphatic carbocycles. The molecule has 0 aromatic rings. The summed E-state index contributed by atoms with van der Waals surface area (Å²) in [5.74, 6) is 2.46. The van der Waals surface area contributed by atoms with Crippen molar-refractivity contribution in [1.29, 1.82) is 0 Å². The van der Waals surface area contributed by atoms with Crippen molar-refractivity contribution in [3.8, 4) is 0 Å². The van der Waals surface area contributed by atoms with E-state index in [1.165, 1.54) is 0 Å². The predicted molar refractivity (Wildman–Crippen MR) is 45.3 cm³/mol. The Morgan fingerprint density at radius 2 is 2.40 bits per heavy atom. The maximum atomic E-state index is 11.0. The van der Waals surface area contributed by atoms with E-state index in [1.807, 2.05) is 6.08 Å². The summed E-state index contributed by atoms with van der Waals surface area (Å²) in [6.07, 6.45) is 4.10. The van der Waals surface area contributed by atoms with Crippen molar-refractivity contribution in [2.24, 2.45) is 5.92 Å². The van der Waals surface area contributed by atoms with Crippen LogP contribution in [0.3, 0.4) is 0 Å². The first-order chi connectivity index (χ1) is 4.84. The van der Waals surface area contributed by atoms with Gasteiger partial charge < -0.3 is 0 Å². The second kappa shape index (κ2) is 3.81. The molecule has 0 N–H and O–H groups in total. The Morgan fingerprint density at radius 3 is 2.90 bits per heavy atom. The lowest BCUT2D eigenvalue weighted by molar-refractivity contribution is -0.117. The normalized spacial score (nSPS) is 16.8. The van der Waals surface area contributed by atoms with E-state index in [9.17, 15) is 4.79 Å². The van der Waals surface area contributed by atoms with E-state index in [4.69, 9.17) is 0 Å². The molecule has 0 saturated heterocycles. The van der Waals surface area contributed by atoms with Crippen molar-refractivity contribution < 1.29 is 4.79 Å². The molecule has 0 heterocycles. The summed E-state index contributed by atoms with van der Waals surface area (Å²) in [7, 11) is 0. The van der Waals surface area contributed by atoms with Gasteiger partial charge in [-0.15, -0.1) is 18.3 Å². The summed E-state index contributed by atoms with van der Waals surface area (Å²) in [4.78, 5) is 11.0. The molecule has 56 valence electrons. The number of rotatable bonds is 5. The summed E-state index contributed by atoms with van der Waals surface area (Å²) < 4.78 is 0. The molecule has 10 heavy (non-hydrogen) atoms. The van der Waals surface area contributed by atoms with Gasteiger partial charge in [0.1, 0.15) is 5.78 Å². The molecule has 2 heteroatoms. The number of carbonyl (C=O) groups excluding carboxylic acids is 1. The van der Waals surface area contributed by atoms with Crippen molar-refractivity contribution in [2.75, 3.05) is 11.5 Å². The minimum absolute atomic E-state index is 0.428. The van der Waals surface area contributed by atoms with Crippen LogP contribution in [0.15, 0.2) is 12.7 Å². The highest BCUT2D eigenvalue weighted by molar-refractivity contribution is 8.00. The topological polar surface area (TPSA) is 17.1 Å². The molecule has 0 radical (unpaired) electrons. The average Bonchev–Trinajstić information content (AvgIpc) is 2.69. The van der Waals surface area contributed by atoms with Crippen LogP contribution in [0, 0.1) is 5.92 Å². The molecule has 0 spiro atoms. The zero-order valence-corrected chi connectivity index (χ0v) is 6.82. The van der Waals surface area contributed by atoms with E-state index < -0.39 is 0 Å². The Labute approximate surface area is 65.9 Å². The Kier molecular flexibility index (Phi) is 3.00. The van der Waals surface area contributed by atoms with E-state index in [2.05, 4.69) is 6.58 Å². The zero-order chi connectivity index (χ0) is 7.40. The van der Waals surface area contributed by atoms with Gasteiger partial charge in [-0.2, -0.15) is 0 Å². The lowest BCUT2D eigenvalue weighted by Crippen LogP contribution is -2.03. The maximum Gasteiger partial charge on any atom is 0.145 e. The van der Waals surface area contributed by atoms with E-state index in [1.54, 1.807) is 11.8 Å². The molecule has 1 rings (SSSR count). The van der Waals surface area contributed by atoms with Gasteiger partial charge in [-0.05, 0) is 12.8 Å². The predicted octanol–water partition coefficient (Wildman–Crippen LogP) is 1.88. The quantitative estimate of drug-likeness (QED) is 0.446. The SMILES string of the molecule is C=CCSCC(=O)C1CC1. The molecule has 0 bridgehead atoms. The molecular weight excluding hydrogens is 144 g/mol. The zero-order valence-electron chi connectivity index (χ0n) is 6.01. The van der Waals surface area contributed by atoms with E-state index >= 15 is 0 Å². The van der Waals surface area contributed by atoms with Crippen LogP contribution in [0.2, 0.25) is 0 Å². The van der Waals surface area contributed by atoms with Gasteiger partial charge in [0.2, 0.25) is 0 Å². The first kappa shape index (κ1) is 7.86. The van der Waals surface area contributed by atoms with Gasteiger partial charge in [0.15, 0.2) is 0 Å². The summed E-state index contributed by atoms with van der Waals surface area (Å²) in [5.41, 5.74) is 0. The molecule has 0 aromatic heterocycles. The second-order valence-electron chi connectivity index (χ2n) is 2.54. The smallest absolute Gasteiger partial charge is 0.145 e. The van der Waals surface area contributed by atoms with Gasteiger partial charge in [-0.25, -0.2) is 0 Å². The third-order valence-corrected chi connectivity index (χ3v) is 2.47. The van der Waals surface area contributed by atoms with E-state index in [0.29, 0.717) is 17.5 Å². The van der Waals surface area contributed by atoms with Crippen LogP contribution in [0.1, 0.15) is 12.8 Å². The summed E-state index contributed by atoms with van der Waals surface area (Å²) >= 11 is 1.66. The number of carbonyl (C=O) groups is 1. The van der Waals surface area contributed by atoms with Crippen LogP contribution in [0.25, 0.3) is 0 Å². The molecule has 0 aromatic carbocycles. The number of hydrogen-bond acceptors (Lipinski definition) is 2. The van der Waals surface area contributed by atoms with Gasteiger partial charge in [-0.3, -0.25) is 4.79 Å². The summed E-state index contributed by atoms with van der Waals surface area (Å²) in [5, 5.41) is 0. The lowest BCUT2D eigenvalue weighted by atomic mass is 10.3. The molecule has 1 fully saturated rings. The highest BCUT2D eigenvalue weighted by Gasteiger charge is 2.28. The molecule has 0 unspecified atom stereocenters. The highest BCUT2D eigenvalue weighted by Crippen LogP contribution is 2.30. The van der Waals surface area contributed by atoms with Crippen LogP contribution in [-0.2, 0) is 4.79 Å². The van der Waals surface area contributed by atoms with E-state index in [0.717, 1.165) is 18.6 Å². The molecule has 0 amide bonds.